The van der Waals surface area contributed by atoms with E-state index in [0.717, 1.165) is 0 Å². The zero-order valence-corrected chi connectivity index (χ0v) is 17.2. The van der Waals surface area contributed by atoms with Crippen molar-refractivity contribution in [2.75, 3.05) is 6.61 Å². The van der Waals surface area contributed by atoms with Crippen molar-refractivity contribution >= 4 is 35.6 Å². The predicted octanol–water partition coefficient (Wildman–Crippen LogP) is -3.76. The maximum atomic E-state index is 12.6. The minimum atomic E-state index is -1.63. The van der Waals surface area contributed by atoms with E-state index in [9.17, 15) is 28.8 Å². The molecule has 0 heterocycles. The van der Waals surface area contributed by atoms with Crippen LogP contribution in [0.2, 0.25) is 0 Å². The van der Waals surface area contributed by atoms with E-state index in [4.69, 9.17) is 26.8 Å². The number of rotatable bonds is 14. The van der Waals surface area contributed by atoms with Crippen LogP contribution in [0.3, 0.4) is 0 Å². The van der Waals surface area contributed by atoms with Crippen LogP contribution in [0.15, 0.2) is 0 Å². The lowest BCUT2D eigenvalue weighted by atomic mass is 9.97. The first-order valence-electron chi connectivity index (χ1n) is 9.34. The second kappa shape index (κ2) is 13.1. The van der Waals surface area contributed by atoms with Gasteiger partial charge in [0.05, 0.1) is 19.4 Å². The topological polar surface area (TPSA) is 251 Å². The van der Waals surface area contributed by atoms with Gasteiger partial charge in [0, 0.05) is 0 Å². The molecule has 5 atom stereocenters. The van der Waals surface area contributed by atoms with Crippen LogP contribution in [0.4, 0.5) is 0 Å². The molecule has 0 aromatic rings. The monoisotopic (exact) mass is 447 g/mol. The van der Waals surface area contributed by atoms with E-state index in [1.54, 1.807) is 13.8 Å². The Balaban J connectivity index is 5.56. The first-order chi connectivity index (χ1) is 14.3. The highest BCUT2D eigenvalue weighted by Gasteiger charge is 2.33. The van der Waals surface area contributed by atoms with E-state index in [-0.39, 0.29) is 0 Å². The third-order valence-electron chi connectivity index (χ3n) is 4.36. The summed E-state index contributed by atoms with van der Waals surface area (Å²) in [6.45, 7) is 2.51. The van der Waals surface area contributed by atoms with Gasteiger partial charge in [0.1, 0.15) is 24.2 Å². The number of carboxylic acids is 2. The minimum Gasteiger partial charge on any atom is -0.481 e. The highest BCUT2D eigenvalue weighted by Crippen LogP contribution is 2.10. The van der Waals surface area contributed by atoms with Crippen LogP contribution < -0.4 is 27.4 Å². The van der Waals surface area contributed by atoms with Crippen LogP contribution in [0.1, 0.15) is 33.1 Å². The average molecular weight is 447 g/mol. The number of hydrogen-bond acceptors (Lipinski definition) is 8. The number of amides is 4. The number of nitrogens with two attached hydrogens (primary N) is 2. The number of hydrogen-bond donors (Lipinski definition) is 8. The largest absolute Gasteiger partial charge is 0.481 e. The van der Waals surface area contributed by atoms with Gasteiger partial charge in [0.15, 0.2) is 0 Å². The van der Waals surface area contributed by atoms with Crippen LogP contribution in [-0.4, -0.2) is 81.7 Å². The molecule has 0 spiro atoms. The Hall–Kier alpha value is -3.26. The molecule has 14 nitrogen and oxygen atoms in total. The Bertz CT molecular complexity index is 699. The molecule has 176 valence electrons. The summed E-state index contributed by atoms with van der Waals surface area (Å²) in [4.78, 5) is 70.4. The van der Waals surface area contributed by atoms with Gasteiger partial charge in [-0.15, -0.1) is 0 Å². The Morgan fingerprint density at radius 3 is 1.84 bits per heavy atom. The van der Waals surface area contributed by atoms with Gasteiger partial charge in [-0.25, -0.2) is 4.79 Å². The van der Waals surface area contributed by atoms with Crippen molar-refractivity contribution in [3.05, 3.63) is 0 Å². The van der Waals surface area contributed by atoms with Crippen LogP contribution in [0, 0.1) is 5.92 Å². The normalized spacial score (nSPS) is 15.5. The molecular formula is C17H29N5O9. The molecule has 0 saturated heterocycles. The zero-order valence-electron chi connectivity index (χ0n) is 17.2. The molecule has 0 aliphatic rings. The molecule has 5 unspecified atom stereocenters. The van der Waals surface area contributed by atoms with Crippen LogP contribution in [0.25, 0.3) is 0 Å². The number of primary amides is 1. The lowest BCUT2D eigenvalue weighted by Gasteiger charge is -2.27. The summed E-state index contributed by atoms with van der Waals surface area (Å²) in [7, 11) is 0. The molecule has 4 amide bonds. The van der Waals surface area contributed by atoms with Gasteiger partial charge in [0.25, 0.3) is 0 Å². The quantitative estimate of drug-likeness (QED) is 0.129. The molecule has 0 fully saturated rings. The molecule has 0 saturated carbocycles. The molecule has 0 radical (unpaired) electrons. The van der Waals surface area contributed by atoms with Crippen LogP contribution in [-0.2, 0) is 28.8 Å². The van der Waals surface area contributed by atoms with Crippen molar-refractivity contribution in [2.45, 2.75) is 57.3 Å². The summed E-state index contributed by atoms with van der Waals surface area (Å²) in [5, 5.41) is 33.5. The van der Waals surface area contributed by atoms with E-state index >= 15 is 0 Å². The van der Waals surface area contributed by atoms with Gasteiger partial charge in [-0.1, -0.05) is 20.3 Å². The molecule has 0 bridgehead atoms. The van der Waals surface area contributed by atoms with Crippen molar-refractivity contribution in [1.29, 1.82) is 0 Å². The summed E-state index contributed by atoms with van der Waals surface area (Å²) in [5.74, 6) is -7.42. The van der Waals surface area contributed by atoms with E-state index in [1.807, 2.05) is 0 Å². The molecule has 31 heavy (non-hydrogen) atoms. The van der Waals surface area contributed by atoms with Crippen LogP contribution in [0.5, 0.6) is 0 Å². The van der Waals surface area contributed by atoms with Crippen molar-refractivity contribution in [2.24, 2.45) is 17.4 Å². The first-order valence-corrected chi connectivity index (χ1v) is 9.34. The van der Waals surface area contributed by atoms with E-state index < -0.39 is 85.1 Å². The fourth-order valence-corrected chi connectivity index (χ4v) is 2.36. The number of carbonyl (C=O) groups is 6. The minimum absolute atomic E-state index is 0.358. The van der Waals surface area contributed by atoms with E-state index in [2.05, 4.69) is 16.0 Å². The standard InChI is InChI=1S/C17H29N5O9/c1-3-7(2)13(16(29)21-10(17(30)31)4-11(19)24)22-15(28)9(5-12(25)26)20-14(27)8(18)6-23/h7-10,13,23H,3-6,18H2,1-2H3,(H2,19,24)(H,20,27)(H,21,29)(H,22,28)(H,25,26)(H,30,31). The Kier molecular flexibility index (Phi) is 11.7. The third-order valence-corrected chi connectivity index (χ3v) is 4.36. The number of aliphatic hydroxyl groups excluding tert-OH is 1. The zero-order chi connectivity index (χ0) is 24.3. The lowest BCUT2D eigenvalue weighted by Crippen LogP contribution is -2.59. The Morgan fingerprint density at radius 1 is 0.871 bits per heavy atom. The highest BCUT2D eigenvalue weighted by molar-refractivity contribution is 5.96. The Labute approximate surface area is 177 Å². The third kappa shape index (κ3) is 9.86. The molecule has 0 rings (SSSR count). The number of carboxylic acid groups (broad SMARTS) is 2. The molecule has 0 aliphatic carbocycles. The van der Waals surface area contributed by atoms with Crippen molar-refractivity contribution in [1.82, 2.24) is 16.0 Å². The second-order valence-electron chi connectivity index (χ2n) is 6.89. The number of nitrogens with one attached hydrogen (secondary N) is 3. The summed E-state index contributed by atoms with van der Waals surface area (Å²) in [6.07, 6.45) is -1.17. The van der Waals surface area contributed by atoms with Crippen LogP contribution >= 0.6 is 0 Å². The van der Waals surface area contributed by atoms with Gasteiger partial charge in [-0.05, 0) is 5.92 Å². The maximum Gasteiger partial charge on any atom is 0.326 e. The lowest BCUT2D eigenvalue weighted by molar-refractivity contribution is -0.144. The van der Waals surface area contributed by atoms with E-state index in [0.29, 0.717) is 6.42 Å². The molecular weight excluding hydrogens is 418 g/mol. The smallest absolute Gasteiger partial charge is 0.326 e. The first kappa shape index (κ1) is 27.7. The predicted molar refractivity (Wildman–Crippen MR) is 104 cm³/mol. The SMILES string of the molecule is CCC(C)C(NC(=O)C(CC(=O)O)NC(=O)C(N)CO)C(=O)NC(CC(N)=O)C(=O)O. The fourth-order valence-electron chi connectivity index (χ4n) is 2.36. The summed E-state index contributed by atoms with van der Waals surface area (Å²) in [5.41, 5.74) is 10.3. The van der Waals surface area contributed by atoms with Gasteiger partial charge < -0.3 is 42.7 Å². The average Bonchev–Trinajstić information content (AvgIpc) is 2.68. The van der Waals surface area contributed by atoms with Crippen molar-refractivity contribution in [3.8, 4) is 0 Å². The molecule has 0 aromatic carbocycles. The van der Waals surface area contributed by atoms with Gasteiger partial charge >= 0.3 is 11.9 Å². The fraction of sp³-hybridized carbons (Fsp3) is 0.647. The van der Waals surface area contributed by atoms with Gasteiger partial charge in [-0.2, -0.15) is 0 Å². The Morgan fingerprint density at radius 2 is 1.42 bits per heavy atom. The van der Waals surface area contributed by atoms with E-state index in [1.165, 1.54) is 0 Å². The molecule has 10 N–H and O–H groups in total. The summed E-state index contributed by atoms with van der Waals surface area (Å²) < 4.78 is 0. The maximum absolute atomic E-state index is 12.6. The molecule has 0 aromatic heterocycles. The van der Waals surface area contributed by atoms with Crippen molar-refractivity contribution in [3.63, 3.8) is 0 Å². The van der Waals surface area contributed by atoms with Gasteiger partial charge in [0.2, 0.25) is 23.6 Å². The highest BCUT2D eigenvalue weighted by atomic mass is 16.4. The van der Waals surface area contributed by atoms with Gasteiger partial charge in [-0.3, -0.25) is 24.0 Å². The number of carbonyl (C=O) groups excluding carboxylic acids is 4. The number of aliphatic hydroxyl groups is 1. The molecule has 14 heteroatoms. The number of aliphatic carboxylic acids is 2. The summed E-state index contributed by atoms with van der Waals surface area (Å²) in [6, 6.07) is -5.97. The molecule has 0 aliphatic heterocycles. The second-order valence-corrected chi connectivity index (χ2v) is 6.89. The van der Waals surface area contributed by atoms with Crippen molar-refractivity contribution < 1.29 is 44.1 Å². The summed E-state index contributed by atoms with van der Waals surface area (Å²) >= 11 is 0.